The Balaban J connectivity index is 1.52. The zero-order valence-electron chi connectivity index (χ0n) is 15.8. The van der Waals surface area contributed by atoms with Crippen LogP contribution >= 0.6 is 0 Å². The third kappa shape index (κ3) is 4.94. The third-order valence-corrected chi connectivity index (χ3v) is 4.41. The summed E-state index contributed by atoms with van der Waals surface area (Å²) in [5.74, 6) is -0.232. The minimum absolute atomic E-state index is 0.232. The van der Waals surface area contributed by atoms with Crippen molar-refractivity contribution >= 4 is 34.3 Å². The number of para-hydroxylation sites is 1. The van der Waals surface area contributed by atoms with Gasteiger partial charge in [0.25, 0.3) is 5.91 Å². The van der Waals surface area contributed by atoms with Crippen LogP contribution in [0, 0.1) is 6.92 Å². The van der Waals surface area contributed by atoms with Crippen molar-refractivity contribution in [2.45, 2.75) is 6.92 Å². The van der Waals surface area contributed by atoms with Gasteiger partial charge >= 0.3 is 0 Å². The molecule has 0 bridgehead atoms. The molecule has 0 saturated heterocycles. The highest BCUT2D eigenvalue weighted by atomic mass is 16.1. The molecule has 0 spiro atoms. The second kappa shape index (κ2) is 8.81. The SMILES string of the molecule is Cc1c(N)cc(N)cc1C(=O)Nc1ccc(NCCNc2ccccc2)cc1. The molecule has 144 valence electrons. The van der Waals surface area contributed by atoms with Crippen molar-refractivity contribution in [2.24, 2.45) is 0 Å². The van der Waals surface area contributed by atoms with Crippen molar-refractivity contribution < 1.29 is 4.79 Å². The van der Waals surface area contributed by atoms with Crippen LogP contribution in [0.2, 0.25) is 0 Å². The van der Waals surface area contributed by atoms with Crippen LogP contribution in [0.5, 0.6) is 0 Å². The van der Waals surface area contributed by atoms with Crippen molar-refractivity contribution in [3.8, 4) is 0 Å². The Bertz CT molecular complexity index is 939. The van der Waals surface area contributed by atoms with E-state index in [0.29, 0.717) is 22.6 Å². The number of nitrogens with one attached hydrogen (secondary N) is 3. The van der Waals surface area contributed by atoms with E-state index in [4.69, 9.17) is 11.5 Å². The maximum absolute atomic E-state index is 12.5. The molecule has 0 unspecified atom stereocenters. The van der Waals surface area contributed by atoms with Gasteiger partial charge in [-0.25, -0.2) is 0 Å². The van der Waals surface area contributed by atoms with E-state index in [9.17, 15) is 4.79 Å². The first-order valence-electron chi connectivity index (χ1n) is 9.13. The molecule has 0 atom stereocenters. The number of carbonyl (C=O) groups is 1. The molecular formula is C22H25N5O. The van der Waals surface area contributed by atoms with Gasteiger partial charge in [-0.3, -0.25) is 4.79 Å². The van der Waals surface area contributed by atoms with Crippen molar-refractivity contribution in [3.63, 3.8) is 0 Å². The second-order valence-electron chi connectivity index (χ2n) is 6.53. The molecule has 6 nitrogen and oxygen atoms in total. The lowest BCUT2D eigenvalue weighted by atomic mass is 10.0. The number of amides is 1. The fraction of sp³-hybridized carbons (Fsp3) is 0.136. The van der Waals surface area contributed by atoms with E-state index in [-0.39, 0.29) is 5.91 Å². The Morgan fingerprint density at radius 3 is 2.04 bits per heavy atom. The maximum atomic E-state index is 12.5. The summed E-state index contributed by atoms with van der Waals surface area (Å²) in [5, 5.41) is 9.57. The molecule has 0 fully saturated rings. The van der Waals surface area contributed by atoms with E-state index in [0.717, 1.165) is 30.0 Å². The predicted octanol–water partition coefficient (Wildman–Crippen LogP) is 3.94. The van der Waals surface area contributed by atoms with Gasteiger partial charge < -0.3 is 27.4 Å². The number of anilines is 5. The summed E-state index contributed by atoms with van der Waals surface area (Å²) in [6.45, 7) is 3.39. The summed E-state index contributed by atoms with van der Waals surface area (Å²) in [4.78, 5) is 12.5. The van der Waals surface area contributed by atoms with E-state index < -0.39 is 0 Å². The molecule has 0 radical (unpaired) electrons. The molecule has 0 heterocycles. The van der Waals surface area contributed by atoms with Crippen molar-refractivity contribution in [3.05, 3.63) is 77.9 Å². The average molecular weight is 375 g/mol. The molecule has 3 aromatic rings. The maximum Gasteiger partial charge on any atom is 0.256 e. The average Bonchev–Trinajstić information content (AvgIpc) is 2.70. The number of hydrogen-bond donors (Lipinski definition) is 5. The highest BCUT2D eigenvalue weighted by molar-refractivity contribution is 6.06. The number of hydrogen-bond acceptors (Lipinski definition) is 5. The van der Waals surface area contributed by atoms with Gasteiger partial charge in [0.05, 0.1) is 0 Å². The summed E-state index contributed by atoms with van der Waals surface area (Å²) in [6, 6.07) is 20.9. The number of nitrogens with two attached hydrogens (primary N) is 2. The second-order valence-corrected chi connectivity index (χ2v) is 6.53. The van der Waals surface area contributed by atoms with Crippen molar-refractivity contribution in [1.29, 1.82) is 0 Å². The lowest BCUT2D eigenvalue weighted by Gasteiger charge is -2.12. The van der Waals surface area contributed by atoms with Gasteiger partial charge in [0.2, 0.25) is 0 Å². The van der Waals surface area contributed by atoms with E-state index in [1.54, 1.807) is 19.1 Å². The molecule has 0 saturated carbocycles. The molecular weight excluding hydrogens is 350 g/mol. The zero-order valence-corrected chi connectivity index (χ0v) is 15.8. The quantitative estimate of drug-likeness (QED) is 0.318. The third-order valence-electron chi connectivity index (χ3n) is 4.41. The first-order valence-corrected chi connectivity index (χ1v) is 9.13. The molecule has 3 aromatic carbocycles. The fourth-order valence-corrected chi connectivity index (χ4v) is 2.84. The molecule has 0 aliphatic rings. The Hall–Kier alpha value is -3.67. The minimum Gasteiger partial charge on any atom is -0.399 e. The monoisotopic (exact) mass is 375 g/mol. The lowest BCUT2D eigenvalue weighted by molar-refractivity contribution is 0.102. The smallest absolute Gasteiger partial charge is 0.256 e. The normalized spacial score (nSPS) is 10.3. The van der Waals surface area contributed by atoms with Gasteiger partial charge in [-0.15, -0.1) is 0 Å². The number of nitrogen functional groups attached to an aromatic ring is 2. The van der Waals surface area contributed by atoms with Gasteiger partial charge in [-0.2, -0.15) is 0 Å². The van der Waals surface area contributed by atoms with Crippen LogP contribution in [0.3, 0.4) is 0 Å². The summed E-state index contributed by atoms with van der Waals surface area (Å²) in [6.07, 6.45) is 0. The van der Waals surface area contributed by atoms with Crippen LogP contribution in [0.15, 0.2) is 66.7 Å². The highest BCUT2D eigenvalue weighted by Gasteiger charge is 2.12. The van der Waals surface area contributed by atoms with Crippen LogP contribution in [0.4, 0.5) is 28.4 Å². The van der Waals surface area contributed by atoms with E-state index >= 15 is 0 Å². The molecule has 7 N–H and O–H groups in total. The van der Waals surface area contributed by atoms with E-state index in [2.05, 4.69) is 16.0 Å². The van der Waals surface area contributed by atoms with Crippen LogP contribution in [0.25, 0.3) is 0 Å². The van der Waals surface area contributed by atoms with E-state index in [1.807, 2.05) is 54.6 Å². The van der Waals surface area contributed by atoms with Crippen molar-refractivity contribution in [1.82, 2.24) is 0 Å². The first kappa shape index (κ1) is 19.1. The van der Waals surface area contributed by atoms with Crippen molar-refractivity contribution in [2.75, 3.05) is 40.5 Å². The molecule has 3 rings (SSSR count). The molecule has 0 aliphatic carbocycles. The number of rotatable bonds is 7. The van der Waals surface area contributed by atoms with Gasteiger partial charge in [0.1, 0.15) is 0 Å². The van der Waals surface area contributed by atoms with Gasteiger partial charge in [-0.1, -0.05) is 18.2 Å². The van der Waals surface area contributed by atoms with Gasteiger partial charge in [-0.05, 0) is 61.0 Å². The molecule has 0 aliphatic heterocycles. The number of carbonyl (C=O) groups excluding carboxylic acids is 1. The van der Waals surface area contributed by atoms with Gasteiger partial charge in [0, 0.05) is 47.1 Å². The van der Waals surface area contributed by atoms with Gasteiger partial charge in [0.15, 0.2) is 0 Å². The lowest BCUT2D eigenvalue weighted by Crippen LogP contribution is -2.15. The van der Waals surface area contributed by atoms with Crippen LogP contribution < -0.4 is 27.4 Å². The standard InChI is InChI=1S/C22H25N5O/c1-15-20(13-16(23)14-21(15)24)22(28)27-19-9-7-18(8-10-19)26-12-11-25-17-5-3-2-4-6-17/h2-10,13-14,25-26H,11-12,23-24H2,1H3,(H,27,28). The Morgan fingerprint density at radius 1 is 0.821 bits per heavy atom. The molecule has 6 heteroatoms. The molecule has 1 amide bonds. The van der Waals surface area contributed by atoms with Crippen LogP contribution in [-0.2, 0) is 0 Å². The fourth-order valence-electron chi connectivity index (χ4n) is 2.84. The summed E-state index contributed by atoms with van der Waals surface area (Å²) in [5.41, 5.74) is 16.7. The Morgan fingerprint density at radius 2 is 1.39 bits per heavy atom. The van der Waals surface area contributed by atoms with Crippen LogP contribution in [-0.4, -0.2) is 19.0 Å². The predicted molar refractivity (Wildman–Crippen MR) is 118 cm³/mol. The zero-order chi connectivity index (χ0) is 19.9. The Kier molecular flexibility index (Phi) is 6.01. The Labute approximate surface area is 164 Å². The topological polar surface area (TPSA) is 105 Å². The number of benzene rings is 3. The minimum atomic E-state index is -0.232. The molecule has 28 heavy (non-hydrogen) atoms. The highest BCUT2D eigenvalue weighted by Crippen LogP contribution is 2.22. The first-order chi connectivity index (χ1) is 13.5. The van der Waals surface area contributed by atoms with Crippen LogP contribution in [0.1, 0.15) is 15.9 Å². The molecule has 0 aromatic heterocycles. The largest absolute Gasteiger partial charge is 0.399 e. The van der Waals surface area contributed by atoms with E-state index in [1.165, 1.54) is 0 Å². The summed E-state index contributed by atoms with van der Waals surface area (Å²) < 4.78 is 0. The summed E-state index contributed by atoms with van der Waals surface area (Å²) in [7, 11) is 0. The summed E-state index contributed by atoms with van der Waals surface area (Å²) >= 11 is 0.